The van der Waals surface area contributed by atoms with E-state index >= 15 is 0 Å². The summed E-state index contributed by atoms with van der Waals surface area (Å²) in [5.41, 5.74) is 2.00. The molecule has 0 bridgehead atoms. The molecule has 0 unspecified atom stereocenters. The fourth-order valence-corrected chi connectivity index (χ4v) is 5.08. The van der Waals surface area contributed by atoms with Crippen molar-refractivity contribution in [2.45, 2.75) is 32.8 Å². The summed E-state index contributed by atoms with van der Waals surface area (Å²) in [4.78, 5) is 29.3. The minimum atomic E-state index is -0.987. The third-order valence-corrected chi connectivity index (χ3v) is 8.79. The lowest BCUT2D eigenvalue weighted by Gasteiger charge is -2.16. The van der Waals surface area contributed by atoms with Crippen molar-refractivity contribution < 1.29 is 19.4 Å². The van der Waals surface area contributed by atoms with E-state index in [0.29, 0.717) is 42.7 Å². The number of carboxylic acid groups (broad SMARTS) is 1. The fraction of sp³-hybridized carbons (Fsp3) is 0.214. The van der Waals surface area contributed by atoms with Crippen molar-refractivity contribution in [3.05, 3.63) is 94.8 Å². The quantitative estimate of drug-likeness (QED) is 0.181. The van der Waals surface area contributed by atoms with Gasteiger partial charge in [-0.1, -0.05) is 41.9 Å². The van der Waals surface area contributed by atoms with E-state index in [9.17, 15) is 9.59 Å². The monoisotopic (exact) mass is 719 g/mol. The van der Waals surface area contributed by atoms with Gasteiger partial charge >= 0.3 is 5.97 Å². The first-order valence-electron chi connectivity index (χ1n) is 11.9. The lowest BCUT2D eigenvalue weighted by molar-refractivity contribution is 0.0697. The molecule has 4 rings (SSSR count). The average Bonchev–Trinajstić information content (AvgIpc) is 2.93. The van der Waals surface area contributed by atoms with Gasteiger partial charge in [0.1, 0.15) is 12.4 Å². The minimum Gasteiger partial charge on any atom is -0.493 e. The van der Waals surface area contributed by atoms with Gasteiger partial charge in [0.25, 0.3) is 5.56 Å². The zero-order chi connectivity index (χ0) is 28.3. The smallest absolute Gasteiger partial charge is 0.335 e. The Morgan fingerprint density at radius 1 is 1.13 bits per heavy atom. The number of benzene rings is 3. The number of ether oxygens (including phenoxy) is 2. The van der Waals surface area contributed by atoms with Crippen molar-refractivity contribution in [1.29, 1.82) is 0 Å². The number of methoxy groups -OCH3 is 1. The first kappa shape index (κ1) is 29.0. The van der Waals surface area contributed by atoms with Crippen molar-refractivity contribution in [2.24, 2.45) is 5.10 Å². The molecule has 0 spiro atoms. The third-order valence-electron chi connectivity index (χ3n) is 6.16. The van der Waals surface area contributed by atoms with E-state index < -0.39 is 5.97 Å². The van der Waals surface area contributed by atoms with E-state index in [-0.39, 0.29) is 23.6 Å². The highest BCUT2D eigenvalue weighted by atomic mass is 79.9. The van der Waals surface area contributed by atoms with Crippen LogP contribution < -0.4 is 15.0 Å². The molecule has 11 heteroatoms. The van der Waals surface area contributed by atoms with Gasteiger partial charge in [0, 0.05) is 20.4 Å². The Balaban J connectivity index is 1.70. The number of halogens is 3. The zero-order valence-electron chi connectivity index (χ0n) is 21.2. The van der Waals surface area contributed by atoms with Gasteiger partial charge in [-0.05, 0) is 80.2 Å². The molecule has 1 N–H and O–H groups in total. The average molecular weight is 722 g/mol. The number of hydrogen-bond acceptors (Lipinski definition) is 6. The molecule has 1 atom stereocenters. The maximum absolute atomic E-state index is 13.4. The first-order chi connectivity index (χ1) is 18.6. The Hall–Kier alpha value is -3.02. The minimum absolute atomic E-state index is 0.00736. The summed E-state index contributed by atoms with van der Waals surface area (Å²) in [7, 11) is 1.53. The van der Waals surface area contributed by atoms with Crippen LogP contribution in [0.1, 0.15) is 53.5 Å². The van der Waals surface area contributed by atoms with Gasteiger partial charge in [-0.15, -0.1) is 0 Å². The van der Waals surface area contributed by atoms with Crippen molar-refractivity contribution >= 4 is 70.9 Å². The number of carboxylic acids is 1. The standard InChI is InChI=1S/C28H24Br3N3O5/c1-4-15(2)26-33-21-10-9-19(29)12-20(21)27(35)34(26)32-13-18-11-22(38-3)25(24(31)23(18)30)39-14-16-5-7-17(8-6-16)28(36)37/h5-13,15H,4,14H2,1-3H3,(H,36,37)/t15-/m0/s1. The van der Waals surface area contributed by atoms with E-state index in [1.807, 2.05) is 26.0 Å². The van der Waals surface area contributed by atoms with Gasteiger partial charge in [-0.2, -0.15) is 9.78 Å². The Labute approximate surface area is 250 Å². The number of fused-ring (bicyclic) bond motifs is 1. The molecule has 4 aromatic rings. The third kappa shape index (κ3) is 6.26. The Bertz CT molecular complexity index is 1640. The summed E-state index contributed by atoms with van der Waals surface area (Å²) in [5, 5.41) is 14.1. The Kier molecular flexibility index (Phi) is 9.24. The van der Waals surface area contributed by atoms with Crippen molar-refractivity contribution in [3.8, 4) is 11.5 Å². The molecule has 0 aliphatic carbocycles. The van der Waals surface area contributed by atoms with Crippen LogP contribution in [-0.4, -0.2) is 34.1 Å². The van der Waals surface area contributed by atoms with Crippen LogP contribution in [0, 0.1) is 0 Å². The maximum atomic E-state index is 13.4. The molecule has 3 aromatic carbocycles. The molecule has 0 fully saturated rings. The van der Waals surface area contributed by atoms with Crippen LogP contribution in [0.3, 0.4) is 0 Å². The summed E-state index contributed by atoms with van der Waals surface area (Å²) in [6.07, 6.45) is 2.36. The molecular weight excluding hydrogens is 698 g/mol. The number of carbonyl (C=O) groups is 1. The Morgan fingerprint density at radius 2 is 1.85 bits per heavy atom. The Morgan fingerprint density at radius 3 is 2.49 bits per heavy atom. The number of aromatic nitrogens is 2. The van der Waals surface area contributed by atoms with E-state index in [1.165, 1.54) is 23.9 Å². The van der Waals surface area contributed by atoms with E-state index in [0.717, 1.165) is 16.5 Å². The molecule has 8 nitrogen and oxygen atoms in total. The largest absolute Gasteiger partial charge is 0.493 e. The van der Waals surface area contributed by atoms with Crippen LogP contribution in [-0.2, 0) is 6.61 Å². The number of hydrogen-bond donors (Lipinski definition) is 1. The highest BCUT2D eigenvalue weighted by molar-refractivity contribution is 9.13. The van der Waals surface area contributed by atoms with Crippen LogP contribution in [0.5, 0.6) is 11.5 Å². The molecule has 1 aromatic heterocycles. The number of nitrogens with zero attached hydrogens (tertiary/aromatic N) is 3. The predicted octanol–water partition coefficient (Wildman–Crippen LogP) is 7.37. The summed E-state index contributed by atoms with van der Waals surface area (Å²) in [6, 6.07) is 13.6. The van der Waals surface area contributed by atoms with E-state index in [1.54, 1.807) is 30.5 Å². The first-order valence-corrected chi connectivity index (χ1v) is 14.3. The van der Waals surface area contributed by atoms with Crippen LogP contribution in [0.15, 0.2) is 71.8 Å². The number of rotatable bonds is 9. The topological polar surface area (TPSA) is 103 Å². The summed E-state index contributed by atoms with van der Waals surface area (Å²) in [5.74, 6) is 0.499. The normalized spacial score (nSPS) is 12.2. The van der Waals surface area contributed by atoms with Crippen LogP contribution >= 0.6 is 47.8 Å². The molecule has 0 amide bonds. The lowest BCUT2D eigenvalue weighted by atomic mass is 10.1. The van der Waals surface area contributed by atoms with Gasteiger partial charge in [0.2, 0.25) is 0 Å². The molecule has 0 saturated carbocycles. The van der Waals surface area contributed by atoms with Crippen LogP contribution in [0.25, 0.3) is 10.9 Å². The van der Waals surface area contributed by atoms with E-state index in [4.69, 9.17) is 19.6 Å². The van der Waals surface area contributed by atoms with Crippen molar-refractivity contribution in [1.82, 2.24) is 9.66 Å². The molecule has 0 aliphatic rings. The highest BCUT2D eigenvalue weighted by Gasteiger charge is 2.19. The van der Waals surface area contributed by atoms with Crippen LogP contribution in [0.4, 0.5) is 0 Å². The number of aromatic carboxylic acids is 1. The predicted molar refractivity (Wildman–Crippen MR) is 162 cm³/mol. The summed E-state index contributed by atoms with van der Waals surface area (Å²) in [6.45, 7) is 4.24. The second kappa shape index (κ2) is 12.4. The summed E-state index contributed by atoms with van der Waals surface area (Å²) >= 11 is 10.6. The van der Waals surface area contributed by atoms with Gasteiger partial charge in [0.05, 0.1) is 34.3 Å². The highest BCUT2D eigenvalue weighted by Crippen LogP contribution is 2.42. The van der Waals surface area contributed by atoms with Gasteiger partial charge in [-0.3, -0.25) is 4.79 Å². The van der Waals surface area contributed by atoms with Crippen molar-refractivity contribution in [2.75, 3.05) is 7.11 Å². The molecule has 202 valence electrons. The molecule has 0 radical (unpaired) electrons. The van der Waals surface area contributed by atoms with E-state index in [2.05, 4.69) is 52.9 Å². The SMILES string of the molecule is CC[C@H](C)c1nc2ccc(Br)cc2c(=O)n1N=Cc1cc(OC)c(OCc2ccc(C(=O)O)cc2)c(Br)c1Br. The fourth-order valence-electron chi connectivity index (χ4n) is 3.78. The molecule has 39 heavy (non-hydrogen) atoms. The van der Waals surface area contributed by atoms with Crippen LogP contribution in [0.2, 0.25) is 0 Å². The van der Waals surface area contributed by atoms with Gasteiger partial charge in [-0.25, -0.2) is 9.78 Å². The molecule has 0 saturated heterocycles. The van der Waals surface area contributed by atoms with Gasteiger partial charge < -0.3 is 14.6 Å². The second-order valence-electron chi connectivity index (χ2n) is 8.72. The lowest BCUT2D eigenvalue weighted by Crippen LogP contribution is -2.23. The second-order valence-corrected chi connectivity index (χ2v) is 11.2. The maximum Gasteiger partial charge on any atom is 0.335 e. The molecule has 0 aliphatic heterocycles. The molecular formula is C28H24Br3N3O5. The zero-order valence-corrected chi connectivity index (χ0v) is 26.0. The molecule has 1 heterocycles. The van der Waals surface area contributed by atoms with Crippen molar-refractivity contribution in [3.63, 3.8) is 0 Å². The van der Waals surface area contributed by atoms with Gasteiger partial charge in [0.15, 0.2) is 11.5 Å². The summed E-state index contributed by atoms with van der Waals surface area (Å²) < 4.78 is 15.0.